The van der Waals surface area contributed by atoms with Crippen molar-refractivity contribution in [2.75, 3.05) is 0 Å². The molecule has 31 heavy (non-hydrogen) atoms. The number of carbonyl (C=O) groups is 1. The molecule has 162 valence electrons. The molecule has 0 unspecified atom stereocenters. The summed E-state index contributed by atoms with van der Waals surface area (Å²) in [6.07, 6.45) is 9.38. The van der Waals surface area contributed by atoms with Gasteiger partial charge < -0.3 is 4.57 Å². The van der Waals surface area contributed by atoms with Crippen LogP contribution in [0.3, 0.4) is 0 Å². The number of allylic oxidation sites excluding steroid dienone is 2. The van der Waals surface area contributed by atoms with Gasteiger partial charge >= 0.3 is 5.69 Å². The van der Waals surface area contributed by atoms with Gasteiger partial charge in [-0.1, -0.05) is 11.6 Å². The minimum atomic E-state index is -0.660. The van der Waals surface area contributed by atoms with Crippen molar-refractivity contribution in [3.05, 3.63) is 66.8 Å². The van der Waals surface area contributed by atoms with Gasteiger partial charge in [-0.05, 0) is 64.9 Å². The molecule has 0 aromatic carbocycles. The third-order valence-corrected chi connectivity index (χ3v) is 6.66. The van der Waals surface area contributed by atoms with Crippen molar-refractivity contribution in [2.45, 2.75) is 78.4 Å². The van der Waals surface area contributed by atoms with Crippen molar-refractivity contribution in [2.24, 2.45) is 0 Å². The standard InChI is InChI=1S/C24H28N4O3/c1-16-13-19(17(2)26(16)12-10-18-7-4-3-5-8-18)22(29)15-28-23(30)20(14-25)21-9-6-11-27(21)24(28)31/h7,13H,3-6,8-12,15H2,1-2H3. The number of nitriles is 1. The molecule has 0 saturated heterocycles. The number of nitrogens with zero attached hydrogens (tertiary/aromatic N) is 4. The van der Waals surface area contributed by atoms with Crippen molar-refractivity contribution in [1.82, 2.24) is 13.7 Å². The molecule has 1 aliphatic heterocycles. The van der Waals surface area contributed by atoms with Gasteiger partial charge in [0.25, 0.3) is 5.56 Å². The van der Waals surface area contributed by atoms with Gasteiger partial charge in [-0.25, -0.2) is 4.79 Å². The van der Waals surface area contributed by atoms with Crippen molar-refractivity contribution in [3.8, 4) is 6.07 Å². The first kappa shape index (κ1) is 21.1. The molecule has 1 aliphatic carbocycles. The van der Waals surface area contributed by atoms with Gasteiger partial charge in [0.2, 0.25) is 0 Å². The van der Waals surface area contributed by atoms with Gasteiger partial charge in [0.15, 0.2) is 5.78 Å². The predicted octanol–water partition coefficient (Wildman–Crippen LogP) is 3.02. The maximum Gasteiger partial charge on any atom is 0.331 e. The molecule has 0 amide bonds. The van der Waals surface area contributed by atoms with E-state index in [2.05, 4.69) is 10.6 Å². The molecule has 4 rings (SSSR count). The highest BCUT2D eigenvalue weighted by atomic mass is 16.2. The fourth-order valence-corrected chi connectivity index (χ4v) is 4.93. The molecule has 0 spiro atoms. The number of hydrogen-bond acceptors (Lipinski definition) is 4. The Morgan fingerprint density at radius 2 is 1.94 bits per heavy atom. The van der Waals surface area contributed by atoms with Crippen molar-refractivity contribution < 1.29 is 4.79 Å². The SMILES string of the molecule is Cc1cc(C(=O)Cn2c(=O)c(C#N)c3n(c2=O)CCC3)c(C)n1CCC1=CCCCC1. The van der Waals surface area contributed by atoms with Gasteiger partial charge in [-0.2, -0.15) is 5.26 Å². The molecule has 2 aliphatic rings. The van der Waals surface area contributed by atoms with Gasteiger partial charge in [0, 0.05) is 35.7 Å². The Bertz CT molecular complexity index is 1230. The van der Waals surface area contributed by atoms with Crippen LogP contribution in [0.2, 0.25) is 0 Å². The lowest BCUT2D eigenvalue weighted by atomic mass is 9.97. The number of hydrogen-bond donors (Lipinski definition) is 0. The van der Waals surface area contributed by atoms with E-state index in [-0.39, 0.29) is 17.9 Å². The third kappa shape index (κ3) is 3.83. The van der Waals surface area contributed by atoms with E-state index in [9.17, 15) is 19.6 Å². The Kier molecular flexibility index (Phi) is 5.81. The van der Waals surface area contributed by atoms with Gasteiger partial charge in [-0.3, -0.25) is 18.7 Å². The second-order valence-corrected chi connectivity index (χ2v) is 8.58. The zero-order chi connectivity index (χ0) is 22.1. The Labute approximate surface area is 181 Å². The van der Waals surface area contributed by atoms with Crippen LogP contribution >= 0.6 is 0 Å². The third-order valence-electron chi connectivity index (χ3n) is 6.66. The second kappa shape index (κ2) is 8.54. The van der Waals surface area contributed by atoms with Crippen LogP contribution in [0.25, 0.3) is 0 Å². The summed E-state index contributed by atoms with van der Waals surface area (Å²) in [5.41, 5.74) is 3.18. The molecule has 0 fully saturated rings. The number of aromatic nitrogens is 3. The molecule has 7 nitrogen and oxygen atoms in total. The maximum atomic E-state index is 13.1. The van der Waals surface area contributed by atoms with E-state index in [1.807, 2.05) is 26.0 Å². The number of fused-ring (bicyclic) bond motifs is 1. The Morgan fingerprint density at radius 3 is 2.65 bits per heavy atom. The maximum absolute atomic E-state index is 13.1. The van der Waals surface area contributed by atoms with Crippen molar-refractivity contribution in [3.63, 3.8) is 0 Å². The zero-order valence-corrected chi connectivity index (χ0v) is 18.2. The number of ketones is 1. The number of carbonyl (C=O) groups excluding carboxylic acids is 1. The van der Waals surface area contributed by atoms with Crippen molar-refractivity contribution in [1.29, 1.82) is 5.26 Å². The summed E-state index contributed by atoms with van der Waals surface area (Å²) < 4.78 is 4.53. The first-order chi connectivity index (χ1) is 14.9. The highest BCUT2D eigenvalue weighted by Crippen LogP contribution is 2.23. The fourth-order valence-electron chi connectivity index (χ4n) is 4.93. The smallest absolute Gasteiger partial charge is 0.331 e. The summed E-state index contributed by atoms with van der Waals surface area (Å²) in [5.74, 6) is -0.280. The number of aryl methyl sites for hydroxylation is 1. The monoisotopic (exact) mass is 420 g/mol. The molecule has 2 aromatic rings. The first-order valence-corrected chi connectivity index (χ1v) is 11.1. The lowest BCUT2D eigenvalue weighted by Gasteiger charge is -2.15. The van der Waals surface area contributed by atoms with Crippen LogP contribution in [0.4, 0.5) is 0 Å². The fraction of sp³-hybridized carbons (Fsp3) is 0.500. The van der Waals surface area contributed by atoms with Crippen LogP contribution < -0.4 is 11.2 Å². The predicted molar refractivity (Wildman–Crippen MR) is 117 cm³/mol. The average molecular weight is 421 g/mol. The minimum absolute atomic E-state index is 0.0175. The molecule has 0 bridgehead atoms. The molecule has 7 heteroatoms. The lowest BCUT2D eigenvalue weighted by molar-refractivity contribution is 0.0967. The summed E-state index contributed by atoms with van der Waals surface area (Å²) >= 11 is 0. The van der Waals surface area contributed by atoms with Crippen LogP contribution in [-0.4, -0.2) is 19.5 Å². The highest BCUT2D eigenvalue weighted by Gasteiger charge is 2.25. The van der Waals surface area contributed by atoms with Crippen molar-refractivity contribution >= 4 is 5.78 Å². The van der Waals surface area contributed by atoms with E-state index >= 15 is 0 Å². The average Bonchev–Trinajstić information content (AvgIpc) is 3.36. The van der Waals surface area contributed by atoms with E-state index in [0.29, 0.717) is 24.2 Å². The van der Waals surface area contributed by atoms with Gasteiger partial charge in [0.05, 0.1) is 6.54 Å². The topological polar surface area (TPSA) is 89.8 Å². The van der Waals surface area contributed by atoms with Crippen LogP contribution in [0.15, 0.2) is 27.3 Å². The molecule has 3 heterocycles. The van der Waals surface area contributed by atoms with Gasteiger partial charge in [-0.15, -0.1) is 0 Å². The van der Waals surface area contributed by atoms with Crippen LogP contribution in [0.1, 0.15) is 71.5 Å². The number of Topliss-reactive ketones (excluding diaryl/α,β-unsaturated/α-hetero) is 1. The van der Waals surface area contributed by atoms with Gasteiger partial charge in [0.1, 0.15) is 11.6 Å². The largest absolute Gasteiger partial charge is 0.348 e. The summed E-state index contributed by atoms with van der Waals surface area (Å²) in [4.78, 5) is 38.6. The lowest BCUT2D eigenvalue weighted by Crippen LogP contribution is -2.43. The summed E-state index contributed by atoms with van der Waals surface area (Å²) in [7, 11) is 0. The van der Waals surface area contributed by atoms with Crippen LogP contribution in [0, 0.1) is 25.2 Å². The summed E-state index contributed by atoms with van der Waals surface area (Å²) in [6.45, 7) is 4.83. The minimum Gasteiger partial charge on any atom is -0.348 e. The van der Waals surface area contributed by atoms with Crippen LogP contribution in [-0.2, 0) is 26.1 Å². The Balaban J connectivity index is 1.60. The Hall–Kier alpha value is -3.14. The first-order valence-electron chi connectivity index (χ1n) is 11.1. The molecule has 0 atom stereocenters. The molecule has 2 aromatic heterocycles. The molecular formula is C24H28N4O3. The number of rotatable bonds is 6. The van der Waals surface area contributed by atoms with E-state index < -0.39 is 11.2 Å². The molecule has 0 radical (unpaired) electrons. The van der Waals surface area contributed by atoms with E-state index in [4.69, 9.17) is 0 Å². The van der Waals surface area contributed by atoms with Crippen LogP contribution in [0.5, 0.6) is 0 Å². The zero-order valence-electron chi connectivity index (χ0n) is 18.2. The van der Waals surface area contributed by atoms with E-state index in [1.165, 1.54) is 23.0 Å². The normalized spacial score (nSPS) is 15.5. The van der Waals surface area contributed by atoms with E-state index in [1.54, 1.807) is 0 Å². The highest BCUT2D eigenvalue weighted by molar-refractivity contribution is 5.97. The molecule has 0 saturated carbocycles. The second-order valence-electron chi connectivity index (χ2n) is 8.58. The summed E-state index contributed by atoms with van der Waals surface area (Å²) in [5, 5.41) is 9.43. The van der Waals surface area contributed by atoms with E-state index in [0.717, 1.165) is 48.2 Å². The Morgan fingerprint density at radius 1 is 1.13 bits per heavy atom. The molecular weight excluding hydrogens is 392 g/mol. The summed E-state index contributed by atoms with van der Waals surface area (Å²) in [6, 6.07) is 3.78. The molecule has 0 N–H and O–H groups in total. The quantitative estimate of drug-likeness (QED) is 0.531.